The highest BCUT2D eigenvalue weighted by Gasteiger charge is 2.30. The van der Waals surface area contributed by atoms with Crippen LogP contribution >= 0.6 is 11.3 Å². The lowest BCUT2D eigenvalue weighted by atomic mass is 9.83. The van der Waals surface area contributed by atoms with Crippen LogP contribution < -0.4 is 4.74 Å². The van der Waals surface area contributed by atoms with Crippen molar-refractivity contribution in [1.82, 2.24) is 9.47 Å². The quantitative estimate of drug-likeness (QED) is 0.476. The molecule has 3 heterocycles. The van der Waals surface area contributed by atoms with Gasteiger partial charge in [-0.15, -0.1) is 0 Å². The molecule has 1 saturated carbocycles. The maximum absolute atomic E-state index is 13.3. The molecule has 34 heavy (non-hydrogen) atoms. The summed E-state index contributed by atoms with van der Waals surface area (Å²) in [6.45, 7) is 4.57. The standard InChI is InChI=1S/C26H30N2O5S/c1-17-7-9-19(10-8-17)24-23(18-5-3-2-4-6-18)25-20(15-22(34-25)33-26(30)31)28(24)16-21(29)27-11-13-32-14-12-27/h7-10,15,18H,2-6,11-14,16H2,1H3,(H,30,31). The van der Waals surface area contributed by atoms with Gasteiger partial charge in [-0.05, 0) is 36.8 Å². The Hall–Kier alpha value is -2.84. The number of ether oxygens (including phenoxy) is 2. The van der Waals surface area contributed by atoms with E-state index in [4.69, 9.17) is 9.47 Å². The van der Waals surface area contributed by atoms with Crippen molar-refractivity contribution in [2.45, 2.75) is 51.5 Å². The van der Waals surface area contributed by atoms with Gasteiger partial charge in [0.15, 0.2) is 5.06 Å². The Labute approximate surface area is 202 Å². The zero-order valence-corrected chi connectivity index (χ0v) is 20.2. The van der Waals surface area contributed by atoms with Crippen LogP contribution in [-0.2, 0) is 16.1 Å². The molecule has 0 unspecified atom stereocenters. The largest absolute Gasteiger partial charge is 0.512 e. The molecule has 3 aromatic rings. The van der Waals surface area contributed by atoms with E-state index in [1.165, 1.54) is 41.7 Å². The van der Waals surface area contributed by atoms with Crippen LogP contribution in [-0.4, -0.2) is 52.9 Å². The van der Waals surface area contributed by atoms with Crippen LogP contribution in [0.4, 0.5) is 4.79 Å². The molecule has 2 aliphatic rings. The number of rotatable bonds is 5. The minimum absolute atomic E-state index is 0.0515. The van der Waals surface area contributed by atoms with E-state index < -0.39 is 6.16 Å². The molecule has 1 aliphatic carbocycles. The van der Waals surface area contributed by atoms with Gasteiger partial charge in [0, 0.05) is 19.2 Å². The summed E-state index contributed by atoms with van der Waals surface area (Å²) in [5, 5.41) is 9.54. The number of thiophene rings is 1. The van der Waals surface area contributed by atoms with E-state index in [-0.39, 0.29) is 12.5 Å². The third-order valence-corrected chi connectivity index (χ3v) is 7.97. The molecular weight excluding hydrogens is 452 g/mol. The minimum atomic E-state index is -1.32. The predicted molar refractivity (Wildman–Crippen MR) is 132 cm³/mol. The maximum atomic E-state index is 13.3. The highest BCUT2D eigenvalue weighted by atomic mass is 32.1. The van der Waals surface area contributed by atoms with Crippen molar-refractivity contribution in [2.24, 2.45) is 0 Å². The number of hydrogen-bond donors (Lipinski definition) is 1. The number of aromatic nitrogens is 1. The highest BCUT2D eigenvalue weighted by Crippen LogP contribution is 2.48. The summed E-state index contributed by atoms with van der Waals surface area (Å²) in [5.41, 5.74) is 5.46. The molecule has 1 aliphatic heterocycles. The number of carboxylic acid groups (broad SMARTS) is 1. The summed E-state index contributed by atoms with van der Waals surface area (Å²) in [6, 6.07) is 10.3. The number of fused-ring (bicyclic) bond motifs is 1. The van der Waals surface area contributed by atoms with Crippen molar-refractivity contribution in [3.05, 3.63) is 41.5 Å². The molecule has 1 aromatic carbocycles. The van der Waals surface area contributed by atoms with E-state index in [2.05, 4.69) is 35.8 Å². The number of benzene rings is 1. The van der Waals surface area contributed by atoms with Crippen LogP contribution in [0.1, 0.15) is 49.1 Å². The van der Waals surface area contributed by atoms with E-state index in [1.807, 2.05) is 4.90 Å². The highest BCUT2D eigenvalue weighted by molar-refractivity contribution is 7.21. The fraction of sp³-hybridized carbons (Fsp3) is 0.462. The molecule has 1 amide bonds. The average Bonchev–Trinajstić information content (AvgIpc) is 3.37. The van der Waals surface area contributed by atoms with Crippen LogP contribution in [0.3, 0.4) is 0 Å². The summed E-state index contributed by atoms with van der Waals surface area (Å²) in [4.78, 5) is 26.5. The van der Waals surface area contributed by atoms with Crippen molar-refractivity contribution >= 4 is 33.6 Å². The van der Waals surface area contributed by atoms with Crippen molar-refractivity contribution in [2.75, 3.05) is 26.3 Å². The van der Waals surface area contributed by atoms with E-state index >= 15 is 0 Å². The smallest absolute Gasteiger partial charge is 0.449 e. The molecular formula is C26H30N2O5S. The number of nitrogens with zero attached hydrogens (tertiary/aromatic N) is 2. The zero-order valence-electron chi connectivity index (χ0n) is 19.4. The molecule has 1 N–H and O–H groups in total. The second-order valence-corrected chi connectivity index (χ2v) is 10.2. The van der Waals surface area contributed by atoms with Gasteiger partial charge in [0.2, 0.25) is 5.91 Å². The Morgan fingerprint density at radius 3 is 2.50 bits per heavy atom. The van der Waals surface area contributed by atoms with Crippen molar-refractivity contribution in [1.29, 1.82) is 0 Å². The Balaban J connectivity index is 1.67. The Morgan fingerprint density at radius 2 is 1.82 bits per heavy atom. The molecule has 0 atom stereocenters. The fourth-order valence-electron chi connectivity index (χ4n) is 5.27. The monoisotopic (exact) mass is 482 g/mol. The summed E-state index contributed by atoms with van der Waals surface area (Å²) < 4.78 is 13.6. The van der Waals surface area contributed by atoms with E-state index in [1.54, 1.807) is 6.07 Å². The molecule has 180 valence electrons. The predicted octanol–water partition coefficient (Wildman–Crippen LogP) is 5.64. The number of hydrogen-bond acceptors (Lipinski definition) is 5. The summed E-state index contributed by atoms with van der Waals surface area (Å²) in [7, 11) is 0. The Bertz CT molecular complexity index is 1180. The molecule has 7 nitrogen and oxygen atoms in total. The van der Waals surface area contributed by atoms with Gasteiger partial charge < -0.3 is 24.0 Å². The summed E-state index contributed by atoms with van der Waals surface area (Å²) in [6.07, 6.45) is 4.48. The molecule has 0 spiro atoms. The van der Waals surface area contributed by atoms with E-state index in [0.29, 0.717) is 37.3 Å². The molecule has 1 saturated heterocycles. The first-order valence-electron chi connectivity index (χ1n) is 12.0. The van der Waals surface area contributed by atoms with Crippen LogP contribution in [0.15, 0.2) is 30.3 Å². The molecule has 0 bridgehead atoms. The number of carbonyl (C=O) groups is 2. The maximum Gasteiger partial charge on any atom is 0.512 e. The van der Waals surface area contributed by atoms with Gasteiger partial charge in [-0.1, -0.05) is 60.4 Å². The third-order valence-electron chi connectivity index (χ3n) is 6.93. The van der Waals surface area contributed by atoms with Crippen LogP contribution in [0.5, 0.6) is 5.06 Å². The Kier molecular flexibility index (Phi) is 6.61. The average molecular weight is 483 g/mol. The van der Waals surface area contributed by atoms with E-state index in [0.717, 1.165) is 34.3 Å². The second kappa shape index (κ2) is 9.80. The van der Waals surface area contributed by atoms with Crippen molar-refractivity contribution in [3.63, 3.8) is 0 Å². The molecule has 2 aromatic heterocycles. The SMILES string of the molecule is Cc1ccc(-c2c(C3CCCCC3)c3sc(OC(=O)O)cc3n2CC(=O)N2CCOCC2)cc1. The van der Waals surface area contributed by atoms with Gasteiger partial charge in [0.25, 0.3) is 0 Å². The topological polar surface area (TPSA) is 81.0 Å². The number of aryl methyl sites for hydroxylation is 1. The molecule has 2 fully saturated rings. The van der Waals surface area contributed by atoms with E-state index in [9.17, 15) is 14.7 Å². The minimum Gasteiger partial charge on any atom is -0.449 e. The number of carbonyl (C=O) groups excluding carboxylic acids is 1. The lowest BCUT2D eigenvalue weighted by molar-refractivity contribution is -0.135. The normalized spacial score (nSPS) is 17.3. The van der Waals surface area contributed by atoms with Gasteiger partial charge in [-0.2, -0.15) is 0 Å². The zero-order chi connectivity index (χ0) is 23.7. The van der Waals surface area contributed by atoms with Crippen molar-refractivity contribution in [3.8, 4) is 16.3 Å². The lowest BCUT2D eigenvalue weighted by Crippen LogP contribution is -2.42. The fourth-order valence-corrected chi connectivity index (χ4v) is 6.40. The van der Waals surface area contributed by atoms with Gasteiger partial charge in [-0.25, -0.2) is 4.79 Å². The van der Waals surface area contributed by atoms with Gasteiger partial charge >= 0.3 is 6.16 Å². The van der Waals surface area contributed by atoms with Crippen LogP contribution in [0, 0.1) is 6.92 Å². The van der Waals surface area contributed by atoms with Gasteiger partial charge in [0.1, 0.15) is 6.54 Å². The lowest BCUT2D eigenvalue weighted by Gasteiger charge is -2.28. The first kappa shape index (κ1) is 22.9. The number of morpholine rings is 1. The molecule has 5 rings (SSSR count). The van der Waals surface area contributed by atoms with Gasteiger partial charge in [-0.3, -0.25) is 4.79 Å². The van der Waals surface area contributed by atoms with Crippen molar-refractivity contribution < 1.29 is 24.2 Å². The molecule has 8 heteroatoms. The van der Waals surface area contributed by atoms with Crippen LogP contribution in [0.2, 0.25) is 0 Å². The van der Waals surface area contributed by atoms with Crippen LogP contribution in [0.25, 0.3) is 21.5 Å². The summed E-state index contributed by atoms with van der Waals surface area (Å²) >= 11 is 1.37. The van der Waals surface area contributed by atoms with Gasteiger partial charge in [0.05, 0.1) is 29.1 Å². The second-order valence-electron chi connectivity index (χ2n) is 9.19. The first-order valence-corrected chi connectivity index (χ1v) is 12.8. The first-order chi connectivity index (χ1) is 16.5. The number of amides is 1. The Morgan fingerprint density at radius 1 is 1.12 bits per heavy atom. The summed E-state index contributed by atoms with van der Waals surface area (Å²) in [5.74, 6) is 0.430. The molecule has 0 radical (unpaired) electrons. The third kappa shape index (κ3) is 4.57.